The van der Waals surface area contributed by atoms with Crippen LogP contribution in [0.25, 0.3) is 11.3 Å². The Morgan fingerprint density at radius 2 is 2.15 bits per heavy atom. The van der Waals surface area contributed by atoms with Gasteiger partial charge in [0.05, 0.1) is 16.7 Å². The molecule has 8 heteroatoms. The van der Waals surface area contributed by atoms with E-state index in [0.29, 0.717) is 17.1 Å². The molecule has 0 unspecified atom stereocenters. The molecule has 2 rings (SSSR count). The highest BCUT2D eigenvalue weighted by Gasteiger charge is 2.16. The number of furan rings is 1. The quantitative estimate of drug-likeness (QED) is 0.386. The number of thiocarbonyl (C=S) groups is 1. The zero-order chi connectivity index (χ0) is 14.5. The van der Waals surface area contributed by atoms with Gasteiger partial charge in [0.25, 0.3) is 5.69 Å². The number of benzene rings is 1. The number of nitrogens with two attached hydrogens (primary N) is 1. The number of hydrogen-bond acceptors (Lipinski definition) is 5. The standard InChI is InChI=1S/C12H10N4O3S/c13-12(20)15-14-7-8-5-6-11(19-8)9-3-1-2-4-10(9)16(17)18/h1-7H,(H3,13,15,20). The maximum Gasteiger partial charge on any atom is 0.280 e. The van der Waals surface area contributed by atoms with Gasteiger partial charge in [0, 0.05) is 6.07 Å². The third-order valence-electron chi connectivity index (χ3n) is 2.36. The Bertz CT molecular complexity index is 681. The summed E-state index contributed by atoms with van der Waals surface area (Å²) in [7, 11) is 0. The van der Waals surface area contributed by atoms with Gasteiger partial charge in [-0.15, -0.1) is 0 Å². The van der Waals surface area contributed by atoms with E-state index >= 15 is 0 Å². The first-order chi connectivity index (χ1) is 9.58. The van der Waals surface area contributed by atoms with Gasteiger partial charge < -0.3 is 10.2 Å². The third kappa shape index (κ3) is 3.18. The second kappa shape index (κ2) is 5.93. The monoisotopic (exact) mass is 290 g/mol. The van der Waals surface area contributed by atoms with Crippen molar-refractivity contribution in [2.24, 2.45) is 10.8 Å². The SMILES string of the molecule is NC(=S)NN=Cc1ccc(-c2ccccc2[N+](=O)[O-])o1. The number of para-hydroxylation sites is 1. The van der Waals surface area contributed by atoms with Gasteiger partial charge in [0.2, 0.25) is 0 Å². The molecule has 1 aromatic heterocycles. The lowest BCUT2D eigenvalue weighted by Crippen LogP contribution is -2.23. The van der Waals surface area contributed by atoms with Crippen LogP contribution in [0.15, 0.2) is 45.9 Å². The van der Waals surface area contributed by atoms with Gasteiger partial charge in [0.15, 0.2) is 5.11 Å². The summed E-state index contributed by atoms with van der Waals surface area (Å²) >= 11 is 4.59. The number of nitro benzene ring substituents is 1. The van der Waals surface area contributed by atoms with E-state index in [-0.39, 0.29) is 10.8 Å². The first kappa shape index (κ1) is 13.7. The van der Waals surface area contributed by atoms with E-state index < -0.39 is 4.92 Å². The van der Waals surface area contributed by atoms with Crippen molar-refractivity contribution in [3.63, 3.8) is 0 Å². The van der Waals surface area contributed by atoms with Gasteiger partial charge in [-0.1, -0.05) is 12.1 Å². The highest BCUT2D eigenvalue weighted by molar-refractivity contribution is 7.80. The molecule has 20 heavy (non-hydrogen) atoms. The van der Waals surface area contributed by atoms with Gasteiger partial charge >= 0.3 is 0 Å². The first-order valence-corrected chi connectivity index (χ1v) is 5.91. The highest BCUT2D eigenvalue weighted by atomic mass is 32.1. The molecular formula is C12H10N4O3S. The molecule has 3 N–H and O–H groups in total. The maximum absolute atomic E-state index is 10.9. The van der Waals surface area contributed by atoms with Crippen LogP contribution in [0.1, 0.15) is 5.76 Å². The summed E-state index contributed by atoms with van der Waals surface area (Å²) in [4.78, 5) is 10.5. The number of rotatable bonds is 4. The van der Waals surface area contributed by atoms with Crippen molar-refractivity contribution in [1.29, 1.82) is 0 Å². The minimum atomic E-state index is -0.458. The average molecular weight is 290 g/mol. The average Bonchev–Trinajstić information content (AvgIpc) is 2.87. The smallest absolute Gasteiger partial charge is 0.280 e. The Morgan fingerprint density at radius 3 is 2.85 bits per heavy atom. The van der Waals surface area contributed by atoms with Crippen LogP contribution in [0.2, 0.25) is 0 Å². The second-order valence-electron chi connectivity index (χ2n) is 3.71. The molecule has 0 amide bonds. The summed E-state index contributed by atoms with van der Waals surface area (Å²) in [5, 5.41) is 14.7. The lowest BCUT2D eigenvalue weighted by atomic mass is 10.1. The topological polar surface area (TPSA) is 107 Å². The van der Waals surface area contributed by atoms with E-state index in [1.54, 1.807) is 30.3 Å². The summed E-state index contributed by atoms with van der Waals surface area (Å²) in [6.07, 6.45) is 1.37. The van der Waals surface area contributed by atoms with Gasteiger partial charge in [-0.2, -0.15) is 5.10 Å². The minimum Gasteiger partial charge on any atom is -0.455 e. The zero-order valence-electron chi connectivity index (χ0n) is 10.1. The van der Waals surface area contributed by atoms with Crippen molar-refractivity contribution in [2.75, 3.05) is 0 Å². The van der Waals surface area contributed by atoms with E-state index in [2.05, 4.69) is 22.7 Å². The molecule has 0 aliphatic heterocycles. The van der Waals surface area contributed by atoms with Crippen LogP contribution in [-0.4, -0.2) is 16.3 Å². The first-order valence-electron chi connectivity index (χ1n) is 5.50. The molecule has 7 nitrogen and oxygen atoms in total. The number of nitro groups is 1. The largest absolute Gasteiger partial charge is 0.455 e. The van der Waals surface area contributed by atoms with Crippen LogP contribution >= 0.6 is 12.2 Å². The molecule has 0 spiro atoms. The van der Waals surface area contributed by atoms with Crippen molar-refractivity contribution in [1.82, 2.24) is 5.43 Å². The highest BCUT2D eigenvalue weighted by Crippen LogP contribution is 2.30. The molecule has 0 radical (unpaired) electrons. The molecule has 1 heterocycles. The van der Waals surface area contributed by atoms with E-state index in [4.69, 9.17) is 10.2 Å². The third-order valence-corrected chi connectivity index (χ3v) is 2.45. The zero-order valence-corrected chi connectivity index (χ0v) is 11.0. The molecule has 2 aromatic rings. The number of nitrogens with one attached hydrogen (secondary N) is 1. The van der Waals surface area contributed by atoms with Gasteiger partial charge in [0.1, 0.15) is 11.5 Å². The van der Waals surface area contributed by atoms with E-state index in [1.807, 2.05) is 0 Å². The van der Waals surface area contributed by atoms with Crippen LogP contribution < -0.4 is 11.2 Å². The predicted molar refractivity (Wildman–Crippen MR) is 78.3 cm³/mol. The Kier molecular flexibility index (Phi) is 4.06. The fourth-order valence-corrected chi connectivity index (χ4v) is 1.62. The fraction of sp³-hybridized carbons (Fsp3) is 0. The Morgan fingerprint density at radius 1 is 1.40 bits per heavy atom. The minimum absolute atomic E-state index is 0.0217. The van der Waals surface area contributed by atoms with Crippen LogP contribution in [-0.2, 0) is 0 Å². The van der Waals surface area contributed by atoms with Crippen molar-refractivity contribution < 1.29 is 9.34 Å². The molecule has 0 saturated carbocycles. The van der Waals surface area contributed by atoms with Crippen LogP contribution in [0.3, 0.4) is 0 Å². The van der Waals surface area contributed by atoms with Crippen molar-refractivity contribution >= 4 is 29.2 Å². The van der Waals surface area contributed by atoms with Gasteiger partial charge in [-0.25, -0.2) is 0 Å². The second-order valence-corrected chi connectivity index (χ2v) is 4.15. The number of hydrogen-bond donors (Lipinski definition) is 2. The molecule has 0 bridgehead atoms. The molecule has 0 aliphatic carbocycles. The van der Waals surface area contributed by atoms with E-state index in [9.17, 15) is 10.1 Å². The predicted octanol–water partition coefficient (Wildman–Crippen LogP) is 2.02. The summed E-state index contributed by atoms with van der Waals surface area (Å²) in [6.45, 7) is 0. The maximum atomic E-state index is 10.9. The van der Waals surface area contributed by atoms with Crippen LogP contribution in [0.5, 0.6) is 0 Å². The van der Waals surface area contributed by atoms with Crippen LogP contribution in [0, 0.1) is 10.1 Å². The molecule has 0 fully saturated rings. The summed E-state index contributed by atoms with van der Waals surface area (Å²) in [6, 6.07) is 9.60. The Hall–Kier alpha value is -2.74. The molecule has 102 valence electrons. The van der Waals surface area contributed by atoms with Crippen molar-refractivity contribution in [2.45, 2.75) is 0 Å². The summed E-state index contributed by atoms with van der Waals surface area (Å²) < 4.78 is 5.46. The van der Waals surface area contributed by atoms with Gasteiger partial charge in [-0.3, -0.25) is 15.5 Å². The van der Waals surface area contributed by atoms with Gasteiger partial charge in [-0.05, 0) is 30.4 Å². The number of hydrazone groups is 1. The fourth-order valence-electron chi connectivity index (χ4n) is 1.57. The Labute approximate surface area is 119 Å². The lowest BCUT2D eigenvalue weighted by molar-refractivity contribution is -0.384. The summed E-state index contributed by atoms with van der Waals surface area (Å²) in [5.41, 5.74) is 7.97. The summed E-state index contributed by atoms with van der Waals surface area (Å²) in [5.74, 6) is 0.802. The molecular weight excluding hydrogens is 280 g/mol. The molecule has 1 aromatic carbocycles. The molecule has 0 atom stereocenters. The normalized spacial score (nSPS) is 10.6. The number of nitrogens with zero attached hydrogens (tertiary/aromatic N) is 2. The lowest BCUT2D eigenvalue weighted by Gasteiger charge is -1.98. The van der Waals surface area contributed by atoms with E-state index in [1.165, 1.54) is 12.3 Å². The molecule has 0 saturated heterocycles. The van der Waals surface area contributed by atoms with Crippen molar-refractivity contribution in [3.05, 3.63) is 52.3 Å². The molecule has 0 aliphatic rings. The van der Waals surface area contributed by atoms with Crippen LogP contribution in [0.4, 0.5) is 5.69 Å². The Balaban J connectivity index is 2.27. The van der Waals surface area contributed by atoms with Crippen molar-refractivity contribution in [3.8, 4) is 11.3 Å². The van der Waals surface area contributed by atoms with E-state index in [0.717, 1.165) is 0 Å².